The second-order valence-electron chi connectivity index (χ2n) is 11.6. The topological polar surface area (TPSA) is 3.24 Å². The van der Waals surface area contributed by atoms with Crippen molar-refractivity contribution in [3.05, 3.63) is 169 Å². The summed E-state index contributed by atoms with van der Waals surface area (Å²) in [5.74, 6) is 0.355. The fourth-order valence-electron chi connectivity index (χ4n) is 7.53. The summed E-state index contributed by atoms with van der Waals surface area (Å²) in [6.45, 7) is 0. The minimum atomic E-state index is 0.260. The molecule has 1 heteroatoms. The number of hydrogen-bond donors (Lipinski definition) is 0. The van der Waals surface area contributed by atoms with Gasteiger partial charge in [0, 0.05) is 22.9 Å². The molecule has 0 spiro atoms. The Bertz CT molecular complexity index is 2230. The highest BCUT2D eigenvalue weighted by Crippen LogP contribution is 2.50. The Morgan fingerprint density at radius 2 is 0.930 bits per heavy atom. The van der Waals surface area contributed by atoms with E-state index in [0.717, 1.165) is 0 Å². The Balaban J connectivity index is 1.26. The van der Waals surface area contributed by atoms with Crippen LogP contribution in [-0.2, 0) is 0 Å². The van der Waals surface area contributed by atoms with Gasteiger partial charge in [0.15, 0.2) is 0 Å². The summed E-state index contributed by atoms with van der Waals surface area (Å²) in [6, 6.07) is 51.6. The zero-order valence-electron chi connectivity index (χ0n) is 23.7. The molecule has 0 radical (unpaired) electrons. The third kappa shape index (κ3) is 3.65. The third-order valence-corrected chi connectivity index (χ3v) is 9.40. The first-order chi connectivity index (χ1) is 21.4. The van der Waals surface area contributed by atoms with Crippen LogP contribution in [0, 0.1) is 0 Å². The summed E-state index contributed by atoms with van der Waals surface area (Å²) in [6.07, 6.45) is 9.09. The van der Waals surface area contributed by atoms with E-state index in [1.54, 1.807) is 0 Å². The Labute approximate surface area is 251 Å². The molecule has 2 aliphatic rings. The van der Waals surface area contributed by atoms with Gasteiger partial charge in [0.25, 0.3) is 0 Å². The van der Waals surface area contributed by atoms with Crippen LogP contribution < -0.4 is 4.90 Å². The molecule has 1 aliphatic heterocycles. The molecule has 0 amide bonds. The van der Waals surface area contributed by atoms with Crippen LogP contribution in [0.4, 0.5) is 11.4 Å². The van der Waals surface area contributed by atoms with Crippen molar-refractivity contribution in [1.82, 2.24) is 0 Å². The van der Waals surface area contributed by atoms with E-state index in [1.807, 2.05) is 0 Å². The zero-order valence-corrected chi connectivity index (χ0v) is 23.7. The molecule has 7 aromatic rings. The standard InChI is InChI=1S/C42H29N/c1-2-14-30(36-19-7-10-22-40(36)43-41-23-11-8-20-37(41)38-21-9-12-24-42(38)43)29(13-1)28-25-26-35-33-17-4-3-15-31(33)32-16-5-6-18-34(32)39(35)27-28/h1-27,37,41H. The maximum Gasteiger partial charge on any atom is 0.0629 e. The van der Waals surface area contributed by atoms with Gasteiger partial charge in [-0.3, -0.25) is 0 Å². The molecule has 1 aliphatic carbocycles. The quantitative estimate of drug-likeness (QED) is 0.199. The summed E-state index contributed by atoms with van der Waals surface area (Å²) >= 11 is 0. The summed E-state index contributed by atoms with van der Waals surface area (Å²) in [7, 11) is 0. The molecular weight excluding hydrogens is 518 g/mol. The molecule has 7 aromatic carbocycles. The second-order valence-corrected chi connectivity index (χ2v) is 11.6. The average Bonchev–Trinajstić information content (AvgIpc) is 3.42. The van der Waals surface area contributed by atoms with E-state index in [9.17, 15) is 0 Å². The number of hydrogen-bond acceptors (Lipinski definition) is 1. The van der Waals surface area contributed by atoms with E-state index in [0.29, 0.717) is 5.92 Å². The molecule has 1 nitrogen and oxygen atoms in total. The molecule has 0 bridgehead atoms. The molecular formula is C42H29N. The van der Waals surface area contributed by atoms with Crippen LogP contribution in [0.3, 0.4) is 0 Å². The van der Waals surface area contributed by atoms with Crippen molar-refractivity contribution in [1.29, 1.82) is 0 Å². The van der Waals surface area contributed by atoms with Crippen molar-refractivity contribution in [2.75, 3.05) is 4.90 Å². The van der Waals surface area contributed by atoms with Crippen LogP contribution in [0.25, 0.3) is 54.6 Å². The largest absolute Gasteiger partial charge is 0.333 e. The number of fused-ring (bicyclic) bond motifs is 9. The Hall–Kier alpha value is -5.40. The Kier molecular flexibility index (Phi) is 5.39. The lowest BCUT2D eigenvalue weighted by atomic mass is 9.89. The van der Waals surface area contributed by atoms with Crippen molar-refractivity contribution in [3.8, 4) is 22.3 Å². The van der Waals surface area contributed by atoms with Crippen molar-refractivity contribution in [2.24, 2.45) is 0 Å². The molecule has 0 N–H and O–H groups in total. The SMILES string of the molecule is C1=CC2c3ccccc3N(c3ccccc3-c3ccccc3-c3ccc4c5ccccc5c5ccccc5c4c3)C2C=C1. The van der Waals surface area contributed by atoms with Gasteiger partial charge < -0.3 is 4.90 Å². The van der Waals surface area contributed by atoms with Gasteiger partial charge in [-0.1, -0.05) is 146 Å². The maximum absolute atomic E-state index is 2.55. The van der Waals surface area contributed by atoms with E-state index in [1.165, 1.54) is 71.5 Å². The molecule has 0 saturated carbocycles. The lowest BCUT2D eigenvalue weighted by Gasteiger charge is -2.31. The molecule has 2 atom stereocenters. The van der Waals surface area contributed by atoms with Gasteiger partial charge in [-0.25, -0.2) is 0 Å². The highest BCUT2D eigenvalue weighted by molar-refractivity contribution is 6.25. The number of para-hydroxylation sites is 2. The monoisotopic (exact) mass is 547 g/mol. The summed E-state index contributed by atoms with van der Waals surface area (Å²) in [4.78, 5) is 2.55. The summed E-state index contributed by atoms with van der Waals surface area (Å²) < 4.78 is 0. The van der Waals surface area contributed by atoms with Crippen LogP contribution in [-0.4, -0.2) is 6.04 Å². The normalized spacial score (nSPS) is 17.1. The van der Waals surface area contributed by atoms with Crippen molar-refractivity contribution in [3.63, 3.8) is 0 Å². The maximum atomic E-state index is 2.55. The van der Waals surface area contributed by atoms with Crippen LogP contribution >= 0.6 is 0 Å². The van der Waals surface area contributed by atoms with Gasteiger partial charge in [-0.05, 0) is 72.8 Å². The van der Waals surface area contributed by atoms with E-state index < -0.39 is 0 Å². The van der Waals surface area contributed by atoms with E-state index in [-0.39, 0.29) is 6.04 Å². The lowest BCUT2D eigenvalue weighted by molar-refractivity contribution is 0.745. The van der Waals surface area contributed by atoms with Crippen LogP contribution in [0.5, 0.6) is 0 Å². The summed E-state index contributed by atoms with van der Waals surface area (Å²) in [5.41, 5.74) is 8.91. The minimum Gasteiger partial charge on any atom is -0.333 e. The molecule has 0 fully saturated rings. The Morgan fingerprint density at radius 1 is 0.395 bits per heavy atom. The fraction of sp³-hybridized carbons (Fsp3) is 0.0476. The highest BCUT2D eigenvalue weighted by atomic mass is 15.2. The zero-order chi connectivity index (χ0) is 28.3. The van der Waals surface area contributed by atoms with Gasteiger partial charge >= 0.3 is 0 Å². The van der Waals surface area contributed by atoms with E-state index >= 15 is 0 Å². The molecule has 9 rings (SSSR count). The average molecular weight is 548 g/mol. The van der Waals surface area contributed by atoms with Crippen molar-refractivity contribution < 1.29 is 0 Å². The van der Waals surface area contributed by atoms with Crippen LogP contribution in [0.2, 0.25) is 0 Å². The third-order valence-electron chi connectivity index (χ3n) is 9.40. The van der Waals surface area contributed by atoms with Crippen LogP contribution in [0.1, 0.15) is 11.5 Å². The smallest absolute Gasteiger partial charge is 0.0629 e. The van der Waals surface area contributed by atoms with Gasteiger partial charge in [-0.15, -0.1) is 0 Å². The highest BCUT2D eigenvalue weighted by Gasteiger charge is 2.38. The van der Waals surface area contributed by atoms with Gasteiger partial charge in [0.2, 0.25) is 0 Å². The first-order valence-electron chi connectivity index (χ1n) is 15.1. The molecule has 2 unspecified atom stereocenters. The predicted octanol–water partition coefficient (Wildman–Crippen LogP) is 11.2. The Morgan fingerprint density at radius 3 is 1.67 bits per heavy atom. The first kappa shape index (κ1) is 24.2. The number of rotatable bonds is 3. The number of benzene rings is 7. The number of anilines is 2. The predicted molar refractivity (Wildman–Crippen MR) is 183 cm³/mol. The van der Waals surface area contributed by atoms with Gasteiger partial charge in [0.1, 0.15) is 0 Å². The van der Waals surface area contributed by atoms with Crippen molar-refractivity contribution >= 4 is 43.7 Å². The van der Waals surface area contributed by atoms with Gasteiger partial charge in [0.05, 0.1) is 6.04 Å². The molecule has 0 saturated heterocycles. The van der Waals surface area contributed by atoms with Crippen molar-refractivity contribution in [2.45, 2.75) is 12.0 Å². The molecule has 1 heterocycles. The van der Waals surface area contributed by atoms with E-state index in [4.69, 9.17) is 0 Å². The van der Waals surface area contributed by atoms with Crippen LogP contribution in [0.15, 0.2) is 164 Å². The number of allylic oxidation sites excluding steroid dienone is 2. The molecule has 43 heavy (non-hydrogen) atoms. The summed E-state index contributed by atoms with van der Waals surface area (Å²) in [5, 5.41) is 7.81. The lowest BCUT2D eigenvalue weighted by Crippen LogP contribution is -2.28. The van der Waals surface area contributed by atoms with E-state index in [2.05, 4.69) is 169 Å². The molecule has 0 aromatic heterocycles. The number of nitrogens with zero attached hydrogens (tertiary/aromatic N) is 1. The first-order valence-corrected chi connectivity index (χ1v) is 15.1. The second kappa shape index (κ2) is 9.58. The van der Waals surface area contributed by atoms with Gasteiger partial charge in [-0.2, -0.15) is 0 Å². The minimum absolute atomic E-state index is 0.260. The fourth-order valence-corrected chi connectivity index (χ4v) is 7.53. The molecule has 202 valence electrons.